The third-order valence-electron chi connectivity index (χ3n) is 2.74. The lowest BCUT2D eigenvalue weighted by atomic mass is 10.2. The van der Waals surface area contributed by atoms with Crippen LogP contribution in [0.25, 0.3) is 0 Å². The molecule has 23 heavy (non-hydrogen) atoms. The molecule has 0 radical (unpaired) electrons. The number of thiocarbonyl (C=S) groups is 1. The van der Waals surface area contributed by atoms with Crippen molar-refractivity contribution in [2.24, 2.45) is 0 Å². The smallest absolute Gasteiger partial charge is 0.331 e. The fourth-order valence-electron chi connectivity index (χ4n) is 1.67. The van der Waals surface area contributed by atoms with Crippen molar-refractivity contribution in [1.29, 1.82) is 0 Å². The third-order valence-corrected chi connectivity index (χ3v) is 4.09. The van der Waals surface area contributed by atoms with E-state index in [0.29, 0.717) is 10.7 Å². The fourth-order valence-corrected chi connectivity index (χ4v) is 2.41. The molecule has 0 aliphatic carbocycles. The summed E-state index contributed by atoms with van der Waals surface area (Å²) in [5.74, 6) is 0. The molecular weight excluding hydrogens is 392 g/mol. The molecule has 2 nitrogen and oxygen atoms in total. The van der Waals surface area contributed by atoms with Gasteiger partial charge in [-0.15, -0.1) is 0 Å². The lowest BCUT2D eigenvalue weighted by Gasteiger charge is -2.15. The van der Waals surface area contributed by atoms with E-state index in [0.717, 1.165) is 18.2 Å². The topological polar surface area (TPSA) is 24.1 Å². The molecule has 0 spiro atoms. The van der Waals surface area contributed by atoms with E-state index in [2.05, 4.69) is 10.6 Å². The van der Waals surface area contributed by atoms with Gasteiger partial charge < -0.3 is 10.6 Å². The standard InChI is InChI=1S/C14H8Cl3F3N2S/c15-8-5-4-7(14(18,19)20)6-11(8)22-13(23)21-10-3-1-2-9(16)12(10)17/h1-6H,(H2,21,22,23). The number of anilines is 2. The van der Waals surface area contributed by atoms with Gasteiger partial charge in [-0.25, -0.2) is 0 Å². The van der Waals surface area contributed by atoms with Crippen LogP contribution < -0.4 is 10.6 Å². The van der Waals surface area contributed by atoms with Crippen LogP contribution >= 0.6 is 47.0 Å². The van der Waals surface area contributed by atoms with Crippen molar-refractivity contribution in [3.63, 3.8) is 0 Å². The van der Waals surface area contributed by atoms with Gasteiger partial charge in [-0.05, 0) is 42.5 Å². The maximum absolute atomic E-state index is 12.7. The summed E-state index contributed by atoms with van der Waals surface area (Å²) in [4.78, 5) is 0. The van der Waals surface area contributed by atoms with Crippen molar-refractivity contribution in [2.75, 3.05) is 10.6 Å². The summed E-state index contributed by atoms with van der Waals surface area (Å²) < 4.78 is 38.2. The molecule has 0 fully saturated rings. The van der Waals surface area contributed by atoms with E-state index in [4.69, 9.17) is 47.0 Å². The zero-order chi connectivity index (χ0) is 17.2. The molecule has 0 amide bonds. The van der Waals surface area contributed by atoms with Gasteiger partial charge in [0, 0.05) is 0 Å². The molecular formula is C14H8Cl3F3N2S. The van der Waals surface area contributed by atoms with Gasteiger partial charge in [-0.3, -0.25) is 0 Å². The van der Waals surface area contributed by atoms with E-state index in [1.54, 1.807) is 18.2 Å². The molecule has 122 valence electrons. The summed E-state index contributed by atoms with van der Waals surface area (Å²) in [6.45, 7) is 0. The minimum Gasteiger partial charge on any atom is -0.331 e. The highest BCUT2D eigenvalue weighted by Crippen LogP contribution is 2.34. The number of alkyl halides is 3. The van der Waals surface area contributed by atoms with Crippen LogP contribution in [-0.2, 0) is 6.18 Å². The first kappa shape index (κ1) is 18.1. The number of hydrogen-bond donors (Lipinski definition) is 2. The number of rotatable bonds is 2. The molecule has 0 saturated heterocycles. The second-order valence-electron chi connectivity index (χ2n) is 4.37. The minimum absolute atomic E-state index is 0.0235. The van der Waals surface area contributed by atoms with Crippen LogP contribution in [0.5, 0.6) is 0 Å². The van der Waals surface area contributed by atoms with E-state index >= 15 is 0 Å². The Bertz CT molecular complexity index is 751. The molecule has 0 heterocycles. The number of hydrogen-bond acceptors (Lipinski definition) is 1. The van der Waals surface area contributed by atoms with Gasteiger partial charge in [-0.2, -0.15) is 13.2 Å². The van der Waals surface area contributed by atoms with Crippen molar-refractivity contribution in [3.8, 4) is 0 Å². The first-order valence-corrected chi connectivity index (χ1v) is 7.61. The van der Waals surface area contributed by atoms with Crippen molar-refractivity contribution < 1.29 is 13.2 Å². The van der Waals surface area contributed by atoms with E-state index in [1.807, 2.05) is 0 Å². The molecule has 2 aromatic rings. The van der Waals surface area contributed by atoms with Crippen molar-refractivity contribution in [2.45, 2.75) is 6.18 Å². The Kier molecular flexibility index (Phi) is 5.62. The summed E-state index contributed by atoms with van der Waals surface area (Å²) in [5, 5.41) is 6.03. The molecule has 0 aromatic heterocycles. The maximum atomic E-state index is 12.7. The van der Waals surface area contributed by atoms with Gasteiger partial charge in [-0.1, -0.05) is 40.9 Å². The summed E-state index contributed by atoms with van der Waals surface area (Å²) in [6, 6.07) is 7.76. The second kappa shape index (κ2) is 7.13. The van der Waals surface area contributed by atoms with Crippen LogP contribution in [0.4, 0.5) is 24.5 Å². The molecule has 0 unspecified atom stereocenters. The second-order valence-corrected chi connectivity index (χ2v) is 5.97. The van der Waals surface area contributed by atoms with Crippen molar-refractivity contribution in [1.82, 2.24) is 0 Å². The van der Waals surface area contributed by atoms with Crippen LogP contribution in [0.2, 0.25) is 15.1 Å². The Morgan fingerprint density at radius 1 is 0.913 bits per heavy atom. The van der Waals surface area contributed by atoms with Gasteiger partial charge >= 0.3 is 6.18 Å². The van der Waals surface area contributed by atoms with E-state index in [1.165, 1.54) is 0 Å². The quantitative estimate of drug-likeness (QED) is 0.566. The summed E-state index contributed by atoms with van der Waals surface area (Å²) in [7, 11) is 0. The third kappa shape index (κ3) is 4.64. The highest BCUT2D eigenvalue weighted by atomic mass is 35.5. The SMILES string of the molecule is FC(F)(F)c1ccc(Cl)c(NC(=S)Nc2cccc(Cl)c2Cl)c1. The number of benzene rings is 2. The Balaban J connectivity index is 2.19. The molecule has 0 saturated carbocycles. The lowest BCUT2D eigenvalue weighted by molar-refractivity contribution is -0.137. The average Bonchev–Trinajstić information content (AvgIpc) is 2.45. The monoisotopic (exact) mass is 398 g/mol. The van der Waals surface area contributed by atoms with Gasteiger partial charge in [0.15, 0.2) is 5.11 Å². The normalized spacial score (nSPS) is 11.2. The summed E-state index contributed by atoms with van der Waals surface area (Å²) in [5.41, 5.74) is -0.398. The first-order valence-electron chi connectivity index (χ1n) is 6.07. The van der Waals surface area contributed by atoms with Gasteiger partial charge in [0.25, 0.3) is 0 Å². The molecule has 9 heteroatoms. The predicted octanol–water partition coefficient (Wildman–Crippen LogP) is 6.47. The Morgan fingerprint density at radius 2 is 1.57 bits per heavy atom. The molecule has 2 aromatic carbocycles. The zero-order valence-electron chi connectivity index (χ0n) is 11.1. The summed E-state index contributed by atoms with van der Waals surface area (Å²) in [6.07, 6.45) is -4.48. The minimum atomic E-state index is -4.48. The maximum Gasteiger partial charge on any atom is 0.416 e. The highest BCUT2D eigenvalue weighted by molar-refractivity contribution is 7.80. The zero-order valence-corrected chi connectivity index (χ0v) is 14.2. The fraction of sp³-hybridized carbons (Fsp3) is 0.0714. The largest absolute Gasteiger partial charge is 0.416 e. The van der Waals surface area contributed by atoms with E-state index in [-0.39, 0.29) is 20.8 Å². The Morgan fingerprint density at radius 3 is 2.22 bits per heavy atom. The van der Waals surface area contributed by atoms with E-state index < -0.39 is 11.7 Å². The van der Waals surface area contributed by atoms with Gasteiger partial charge in [0.2, 0.25) is 0 Å². The Hall–Kier alpha value is -1.21. The van der Waals surface area contributed by atoms with Gasteiger partial charge in [0.1, 0.15) is 0 Å². The van der Waals surface area contributed by atoms with Gasteiger partial charge in [0.05, 0.1) is 32.0 Å². The highest BCUT2D eigenvalue weighted by Gasteiger charge is 2.31. The molecule has 0 bridgehead atoms. The van der Waals surface area contributed by atoms with Crippen LogP contribution in [-0.4, -0.2) is 5.11 Å². The predicted molar refractivity (Wildman–Crippen MR) is 92.8 cm³/mol. The molecule has 2 rings (SSSR count). The van der Waals surface area contributed by atoms with Crippen LogP contribution in [0.3, 0.4) is 0 Å². The molecule has 0 aliphatic heterocycles. The number of nitrogens with one attached hydrogen (secondary N) is 2. The van der Waals surface area contributed by atoms with Crippen molar-refractivity contribution in [3.05, 3.63) is 57.0 Å². The lowest BCUT2D eigenvalue weighted by Crippen LogP contribution is -2.20. The van der Waals surface area contributed by atoms with Crippen LogP contribution in [0.15, 0.2) is 36.4 Å². The molecule has 0 atom stereocenters. The van der Waals surface area contributed by atoms with E-state index in [9.17, 15) is 13.2 Å². The van der Waals surface area contributed by atoms with Crippen LogP contribution in [0, 0.1) is 0 Å². The van der Waals surface area contributed by atoms with Crippen LogP contribution in [0.1, 0.15) is 5.56 Å². The number of halogens is 6. The molecule has 0 aliphatic rings. The summed E-state index contributed by atoms with van der Waals surface area (Å²) >= 11 is 22.8. The Labute approximate surface area is 150 Å². The first-order chi connectivity index (χ1) is 10.7. The van der Waals surface area contributed by atoms with Crippen molar-refractivity contribution >= 4 is 63.5 Å². The average molecular weight is 400 g/mol. The molecule has 2 N–H and O–H groups in total.